The number of carboxylic acid groups (broad SMARTS) is 6. The summed E-state index contributed by atoms with van der Waals surface area (Å²) in [6.45, 7) is 2.24. The number of nitrogens with one attached hydrogen (secondary N) is 3. The highest BCUT2D eigenvalue weighted by Crippen LogP contribution is 2.41. The fraction of sp³-hybridized carbons (Fsp3) is 0.465. The summed E-state index contributed by atoms with van der Waals surface area (Å²) in [5, 5.41) is 92.7. The lowest BCUT2D eigenvalue weighted by atomic mass is 9.90. The third-order valence-electron chi connectivity index (χ3n) is 10.3. The highest BCUT2D eigenvalue weighted by molar-refractivity contribution is 7.99. The first kappa shape index (κ1) is 62.0. The molecule has 0 bridgehead atoms. The van der Waals surface area contributed by atoms with E-state index in [2.05, 4.69) is 16.0 Å². The van der Waals surface area contributed by atoms with Crippen molar-refractivity contribution in [3.63, 3.8) is 0 Å². The number of phenols is 1. The Morgan fingerprint density at radius 3 is 1.77 bits per heavy atom. The molecule has 402 valence electrons. The Bertz CT molecular complexity index is 2390. The van der Waals surface area contributed by atoms with Gasteiger partial charge in [0.1, 0.15) is 48.3 Å². The van der Waals surface area contributed by atoms with E-state index in [4.69, 9.17) is 47.1 Å². The molecule has 18 N–H and O–H groups in total. The smallest absolute Gasteiger partial charge is 0.335 e. The fourth-order valence-corrected chi connectivity index (χ4v) is 8.15. The maximum Gasteiger partial charge on any atom is 0.335 e. The summed E-state index contributed by atoms with van der Waals surface area (Å²) < 4.78 is 11.0. The number of aliphatic hydroxyl groups is 2. The van der Waals surface area contributed by atoms with E-state index >= 15 is 0 Å². The van der Waals surface area contributed by atoms with Crippen LogP contribution in [0.25, 0.3) is 0 Å². The van der Waals surface area contributed by atoms with Crippen molar-refractivity contribution in [3.8, 4) is 11.5 Å². The van der Waals surface area contributed by atoms with Gasteiger partial charge in [0.15, 0.2) is 11.9 Å². The third-order valence-corrected chi connectivity index (χ3v) is 12.8. The molecule has 1 heterocycles. The van der Waals surface area contributed by atoms with Crippen molar-refractivity contribution in [1.29, 1.82) is 0 Å². The van der Waals surface area contributed by atoms with Crippen LogP contribution in [0.5, 0.6) is 11.5 Å². The molecule has 1 saturated heterocycles. The zero-order valence-corrected chi connectivity index (χ0v) is 40.5. The first-order chi connectivity index (χ1) is 34.0. The number of amides is 4. The number of primary amides is 1. The summed E-state index contributed by atoms with van der Waals surface area (Å²) in [5.41, 5.74) is 16.8. The summed E-state index contributed by atoms with van der Waals surface area (Å²) in [4.78, 5) is 128. The molecular formula is C43H56N6O22S2. The number of aromatic hydroxyl groups is 1. The second kappa shape index (κ2) is 29.4. The number of phenolic OH excluding ortho intramolecular Hbond substituents is 1. The van der Waals surface area contributed by atoms with Gasteiger partial charge in [-0.2, -0.15) is 0 Å². The minimum atomic E-state index is -1.85. The molecule has 0 radical (unpaired) electrons. The van der Waals surface area contributed by atoms with Gasteiger partial charge in [0.05, 0.1) is 17.4 Å². The number of ether oxygens (including phenoxy) is 2. The van der Waals surface area contributed by atoms with Gasteiger partial charge >= 0.3 is 35.8 Å². The summed E-state index contributed by atoms with van der Waals surface area (Å²) >= 11 is 1.84. The monoisotopic (exact) mass is 1070 g/mol. The number of benzene rings is 2. The van der Waals surface area contributed by atoms with Crippen molar-refractivity contribution < 1.29 is 108 Å². The van der Waals surface area contributed by atoms with E-state index in [0.717, 1.165) is 22.6 Å². The predicted molar refractivity (Wildman–Crippen MR) is 250 cm³/mol. The molecule has 73 heavy (non-hydrogen) atoms. The van der Waals surface area contributed by atoms with Gasteiger partial charge in [0.25, 0.3) is 0 Å². The maximum absolute atomic E-state index is 12.8. The Kier molecular flexibility index (Phi) is 25.0. The molecule has 9 atom stereocenters. The van der Waals surface area contributed by atoms with Crippen molar-refractivity contribution in [3.05, 3.63) is 47.0 Å². The van der Waals surface area contributed by atoms with E-state index in [1.165, 1.54) is 18.7 Å². The highest BCUT2D eigenvalue weighted by Gasteiger charge is 2.47. The number of thioether (sulfide) groups is 2. The first-order valence-electron chi connectivity index (χ1n) is 21.5. The van der Waals surface area contributed by atoms with Crippen LogP contribution in [0, 0.1) is 12.8 Å². The second-order valence-corrected chi connectivity index (χ2v) is 18.1. The normalized spacial score (nSPS) is 18.7. The molecule has 28 nitrogen and oxygen atoms in total. The van der Waals surface area contributed by atoms with Crippen LogP contribution in [0.4, 0.5) is 0 Å². The number of rotatable bonds is 28. The molecule has 0 spiro atoms. The fourth-order valence-electron chi connectivity index (χ4n) is 6.10. The number of aliphatic carboxylic acids is 6. The van der Waals surface area contributed by atoms with Crippen LogP contribution in [-0.2, 0) is 47.9 Å². The molecule has 1 fully saturated rings. The maximum atomic E-state index is 12.8. The topological polar surface area (TPSA) is 502 Å². The number of hydrogen-bond donors (Lipinski definition) is 15. The standard InChI is InChI=1S/C27H35N3O16S.C16H21N3O6S/c1-10-20(38)22(26(43)44)46-27(21(10)39)45-16-7-11(14(31)3-5-18(34)35)6-15(32)23(16)47-9-13(24(40)29-8-19(36)37)30-17(33)4-2-12(28)25(41)42;1-8-6-9(14(18)21)2-4-12(8)26-7-11(16(24)25)19-13(20)5-3-10(17)15(22)23/h6-7,10,12-13,20-22,27,32,38-39H,2-5,8-9,28H2,1H3,(H,29,40)(H,30,33)(H,34,35)(H,36,37)(H,41,42)(H,43,44);2,4,6,10-11H,3,5,7,17H2,1H3,(H2,18,21)(H,19,20)(H,22,23)(H,24,25)/t10-,12?,13?,20-,21+,22?,27?;/m0./s1. The minimum absolute atomic E-state index is 0.0583. The van der Waals surface area contributed by atoms with E-state index in [1.807, 2.05) is 0 Å². The SMILES string of the molecule is C[C@H]1[C@H](O)C(C(=O)O)OC(Oc2cc(C(=O)CCC(=O)O)cc(O)c2SCC(NC(=O)CCC(N)C(=O)O)C(=O)NCC(=O)O)[C@@H]1O.Cc1cc(C(N)=O)ccc1SCC(NC(=O)CCC(N)C(=O)O)C(=O)O. The van der Waals surface area contributed by atoms with Crippen molar-refractivity contribution >= 4 is 88.8 Å². The number of Topliss-reactive ketones (excluding diaryl/α,β-unsaturated/α-hetero) is 1. The van der Waals surface area contributed by atoms with Crippen LogP contribution in [0.2, 0.25) is 0 Å². The third kappa shape index (κ3) is 20.5. The number of ketones is 1. The molecule has 6 unspecified atom stereocenters. The van der Waals surface area contributed by atoms with Gasteiger partial charge in [0, 0.05) is 52.7 Å². The molecule has 1 aliphatic heterocycles. The zero-order chi connectivity index (χ0) is 55.4. The Morgan fingerprint density at radius 2 is 1.27 bits per heavy atom. The highest BCUT2D eigenvalue weighted by atomic mass is 32.2. The van der Waals surface area contributed by atoms with Crippen LogP contribution >= 0.6 is 23.5 Å². The number of aliphatic hydroxyl groups excluding tert-OH is 2. The Hall–Kier alpha value is -7.09. The predicted octanol–water partition coefficient (Wildman–Crippen LogP) is -2.10. The summed E-state index contributed by atoms with van der Waals surface area (Å²) in [7, 11) is 0. The van der Waals surface area contributed by atoms with Gasteiger partial charge in [-0.15, -0.1) is 23.5 Å². The summed E-state index contributed by atoms with van der Waals surface area (Å²) in [6, 6.07) is 1.59. The van der Waals surface area contributed by atoms with Crippen LogP contribution in [0.15, 0.2) is 40.1 Å². The number of nitrogens with two attached hydrogens (primary N) is 3. The molecule has 4 amide bonds. The van der Waals surface area contributed by atoms with Gasteiger partial charge in [-0.3, -0.25) is 43.2 Å². The van der Waals surface area contributed by atoms with Gasteiger partial charge in [-0.25, -0.2) is 9.59 Å². The van der Waals surface area contributed by atoms with Gasteiger partial charge in [-0.05, 0) is 55.7 Å². The number of carbonyl (C=O) groups is 11. The van der Waals surface area contributed by atoms with E-state index < -0.39 is 163 Å². The molecule has 1 aliphatic rings. The van der Waals surface area contributed by atoms with E-state index in [-0.39, 0.29) is 35.5 Å². The lowest BCUT2D eigenvalue weighted by Gasteiger charge is -2.39. The number of hydrogen-bond acceptors (Lipinski definition) is 20. The molecule has 0 aliphatic carbocycles. The van der Waals surface area contributed by atoms with Crippen molar-refractivity contribution in [2.45, 2.75) is 111 Å². The van der Waals surface area contributed by atoms with Gasteiger partial charge < -0.3 is 88.6 Å². The zero-order valence-electron chi connectivity index (χ0n) is 38.8. The number of aryl methyl sites for hydroxylation is 1. The quantitative estimate of drug-likeness (QED) is 0.0321. The van der Waals surface area contributed by atoms with Crippen molar-refractivity contribution in [2.24, 2.45) is 23.1 Å². The summed E-state index contributed by atoms with van der Waals surface area (Å²) in [5.74, 6) is -14.4. The Balaban J connectivity index is 0.000000592. The van der Waals surface area contributed by atoms with Crippen LogP contribution in [-0.4, -0.2) is 178 Å². The Labute approximate surface area is 422 Å². The minimum Gasteiger partial charge on any atom is -0.507 e. The van der Waals surface area contributed by atoms with Crippen LogP contribution < -0.4 is 37.9 Å². The molecule has 2 aromatic carbocycles. The number of carbonyl (C=O) groups excluding carboxylic acids is 5. The summed E-state index contributed by atoms with van der Waals surface area (Å²) in [6.07, 6.45) is -8.98. The lowest BCUT2D eigenvalue weighted by molar-refractivity contribution is -0.255. The van der Waals surface area contributed by atoms with Crippen molar-refractivity contribution in [1.82, 2.24) is 16.0 Å². The average molecular weight is 1070 g/mol. The molecule has 0 saturated carbocycles. The molecule has 3 rings (SSSR count). The average Bonchev–Trinajstić information content (AvgIpc) is 3.31. The van der Waals surface area contributed by atoms with Crippen molar-refractivity contribution in [2.75, 3.05) is 18.1 Å². The lowest BCUT2D eigenvalue weighted by Crippen LogP contribution is -2.57. The van der Waals surface area contributed by atoms with Gasteiger partial charge in [0.2, 0.25) is 29.9 Å². The first-order valence-corrected chi connectivity index (χ1v) is 23.5. The number of carboxylic acids is 6. The van der Waals surface area contributed by atoms with E-state index in [9.17, 15) is 78.3 Å². The van der Waals surface area contributed by atoms with E-state index in [0.29, 0.717) is 17.3 Å². The van der Waals surface area contributed by atoms with Crippen LogP contribution in [0.1, 0.15) is 71.7 Å². The molecule has 30 heteroatoms. The van der Waals surface area contributed by atoms with E-state index in [1.54, 1.807) is 25.1 Å². The van der Waals surface area contributed by atoms with Crippen LogP contribution in [0.3, 0.4) is 0 Å². The largest absolute Gasteiger partial charge is 0.507 e. The Morgan fingerprint density at radius 1 is 0.712 bits per heavy atom. The molecule has 2 aromatic rings. The molecule has 0 aromatic heterocycles. The second-order valence-electron chi connectivity index (χ2n) is 16.0. The van der Waals surface area contributed by atoms with Gasteiger partial charge in [-0.1, -0.05) is 6.92 Å². The molecular weight excluding hydrogens is 1020 g/mol.